The molecule has 0 aliphatic heterocycles. The molecule has 2 aromatic rings. The predicted molar refractivity (Wildman–Crippen MR) is 77.1 cm³/mol. The molecular formula is C14H13NO5S. The number of aryl methyl sites for hydroxylation is 1. The summed E-state index contributed by atoms with van der Waals surface area (Å²) in [5.41, 5.74) is 0.922. The molecule has 2 aromatic carbocycles. The molecule has 0 heterocycles. The van der Waals surface area contributed by atoms with E-state index in [0.29, 0.717) is 11.3 Å². The number of sulfonamides is 1. The molecular weight excluding hydrogens is 294 g/mol. The minimum absolute atomic E-state index is 0.00904. The Morgan fingerprint density at radius 1 is 1.10 bits per heavy atom. The molecule has 21 heavy (non-hydrogen) atoms. The van der Waals surface area contributed by atoms with E-state index in [4.69, 9.17) is 5.11 Å². The number of aromatic hydroxyl groups is 1. The van der Waals surface area contributed by atoms with Crippen molar-refractivity contribution in [3.63, 3.8) is 0 Å². The van der Waals surface area contributed by atoms with Gasteiger partial charge in [-0.3, -0.25) is 4.72 Å². The molecule has 0 bridgehead atoms. The van der Waals surface area contributed by atoms with E-state index in [9.17, 15) is 18.3 Å². The maximum atomic E-state index is 12.2. The fraction of sp³-hybridized carbons (Fsp3) is 0.0714. The van der Waals surface area contributed by atoms with Gasteiger partial charge in [0.2, 0.25) is 0 Å². The van der Waals surface area contributed by atoms with E-state index in [0.717, 1.165) is 0 Å². The van der Waals surface area contributed by atoms with Gasteiger partial charge in [-0.25, -0.2) is 13.2 Å². The van der Waals surface area contributed by atoms with E-state index in [2.05, 4.69) is 4.72 Å². The summed E-state index contributed by atoms with van der Waals surface area (Å²) in [5.74, 6) is -1.08. The number of benzene rings is 2. The number of anilines is 1. The molecule has 0 radical (unpaired) electrons. The smallest absolute Gasteiger partial charge is 0.335 e. The summed E-state index contributed by atoms with van der Waals surface area (Å²) in [4.78, 5) is 10.7. The number of rotatable bonds is 4. The van der Waals surface area contributed by atoms with Crippen molar-refractivity contribution in [1.29, 1.82) is 0 Å². The number of carbonyl (C=O) groups is 1. The lowest BCUT2D eigenvalue weighted by Crippen LogP contribution is -2.14. The Hall–Kier alpha value is -2.54. The first-order valence-corrected chi connectivity index (χ1v) is 7.44. The van der Waals surface area contributed by atoms with Gasteiger partial charge in [-0.2, -0.15) is 0 Å². The second-order valence-electron chi connectivity index (χ2n) is 4.43. The van der Waals surface area contributed by atoms with Crippen LogP contribution in [0.4, 0.5) is 5.69 Å². The Labute approximate surface area is 121 Å². The number of carboxylic acids is 1. The highest BCUT2D eigenvalue weighted by molar-refractivity contribution is 7.92. The third-order valence-electron chi connectivity index (χ3n) is 2.87. The first-order valence-electron chi connectivity index (χ1n) is 5.95. The van der Waals surface area contributed by atoms with Gasteiger partial charge in [-0.15, -0.1) is 0 Å². The van der Waals surface area contributed by atoms with Crippen molar-refractivity contribution >= 4 is 21.7 Å². The van der Waals surface area contributed by atoms with Crippen LogP contribution in [0.3, 0.4) is 0 Å². The van der Waals surface area contributed by atoms with Crippen LogP contribution in [0.25, 0.3) is 0 Å². The molecule has 0 aliphatic rings. The third-order valence-corrected chi connectivity index (χ3v) is 4.25. The van der Waals surface area contributed by atoms with Crippen LogP contribution in [0.5, 0.6) is 5.75 Å². The van der Waals surface area contributed by atoms with Gasteiger partial charge < -0.3 is 10.2 Å². The maximum Gasteiger partial charge on any atom is 0.335 e. The van der Waals surface area contributed by atoms with E-state index in [1.165, 1.54) is 42.5 Å². The summed E-state index contributed by atoms with van der Waals surface area (Å²) in [6.07, 6.45) is 0. The number of hydrogen-bond acceptors (Lipinski definition) is 4. The maximum absolute atomic E-state index is 12.2. The fourth-order valence-corrected chi connectivity index (χ4v) is 2.87. The van der Waals surface area contributed by atoms with Crippen LogP contribution in [-0.4, -0.2) is 24.6 Å². The average Bonchev–Trinajstić information content (AvgIpc) is 2.42. The van der Waals surface area contributed by atoms with Gasteiger partial charge in [-0.05, 0) is 55.0 Å². The Morgan fingerprint density at radius 2 is 1.71 bits per heavy atom. The highest BCUT2D eigenvalue weighted by Gasteiger charge is 2.16. The first-order chi connectivity index (χ1) is 9.79. The van der Waals surface area contributed by atoms with Crippen molar-refractivity contribution < 1.29 is 23.4 Å². The normalized spacial score (nSPS) is 11.1. The Morgan fingerprint density at radius 3 is 2.24 bits per heavy atom. The molecule has 7 heteroatoms. The summed E-state index contributed by atoms with van der Waals surface area (Å²) in [6, 6.07) is 9.15. The molecule has 6 nitrogen and oxygen atoms in total. The van der Waals surface area contributed by atoms with Crippen molar-refractivity contribution in [2.24, 2.45) is 0 Å². The Balaban J connectivity index is 2.31. The summed E-state index contributed by atoms with van der Waals surface area (Å²) in [5, 5.41) is 18.1. The van der Waals surface area contributed by atoms with Crippen molar-refractivity contribution in [3.8, 4) is 5.75 Å². The molecule has 0 saturated heterocycles. The highest BCUT2D eigenvalue weighted by Crippen LogP contribution is 2.23. The summed E-state index contributed by atoms with van der Waals surface area (Å²) in [6.45, 7) is 1.66. The topological polar surface area (TPSA) is 104 Å². The predicted octanol–water partition coefficient (Wildman–Crippen LogP) is 2.20. The highest BCUT2D eigenvalue weighted by atomic mass is 32.2. The largest absolute Gasteiger partial charge is 0.508 e. The molecule has 3 N–H and O–H groups in total. The van der Waals surface area contributed by atoms with Gasteiger partial charge in [0, 0.05) is 0 Å². The zero-order chi connectivity index (χ0) is 15.6. The number of phenols is 1. The SMILES string of the molecule is Cc1cc(O)ccc1NS(=O)(=O)c1ccc(C(=O)O)cc1. The fourth-order valence-electron chi connectivity index (χ4n) is 1.74. The van der Waals surface area contributed by atoms with Crippen molar-refractivity contribution in [2.45, 2.75) is 11.8 Å². The Kier molecular flexibility index (Phi) is 3.86. The molecule has 0 atom stereocenters. The number of phenolic OH excluding ortho intramolecular Hbond substituents is 1. The lowest BCUT2D eigenvalue weighted by Gasteiger charge is -2.11. The van der Waals surface area contributed by atoms with E-state index in [1.807, 2.05) is 0 Å². The zero-order valence-electron chi connectivity index (χ0n) is 11.1. The summed E-state index contributed by atoms with van der Waals surface area (Å²) < 4.78 is 26.8. The van der Waals surface area contributed by atoms with Crippen LogP contribution in [0, 0.1) is 6.92 Å². The lowest BCUT2D eigenvalue weighted by atomic mass is 10.2. The van der Waals surface area contributed by atoms with E-state index in [-0.39, 0.29) is 16.2 Å². The van der Waals surface area contributed by atoms with E-state index in [1.54, 1.807) is 6.92 Å². The average molecular weight is 307 g/mol. The van der Waals surface area contributed by atoms with E-state index >= 15 is 0 Å². The minimum Gasteiger partial charge on any atom is -0.508 e. The van der Waals surface area contributed by atoms with Crippen LogP contribution < -0.4 is 4.72 Å². The first kappa shape index (κ1) is 14.9. The third kappa shape index (κ3) is 3.32. The Bertz CT molecular complexity index is 782. The zero-order valence-corrected chi connectivity index (χ0v) is 11.9. The number of nitrogens with one attached hydrogen (secondary N) is 1. The number of hydrogen-bond donors (Lipinski definition) is 3. The van der Waals surface area contributed by atoms with E-state index < -0.39 is 16.0 Å². The van der Waals surface area contributed by atoms with Gasteiger partial charge in [-0.1, -0.05) is 0 Å². The summed E-state index contributed by atoms with van der Waals surface area (Å²) >= 11 is 0. The minimum atomic E-state index is -3.82. The number of carboxylic acid groups (broad SMARTS) is 1. The van der Waals surface area contributed by atoms with Crippen LogP contribution in [0.1, 0.15) is 15.9 Å². The molecule has 0 unspecified atom stereocenters. The van der Waals surface area contributed by atoms with Gasteiger partial charge in [0.05, 0.1) is 16.1 Å². The quantitative estimate of drug-likeness (QED) is 0.751. The molecule has 0 amide bonds. The van der Waals surface area contributed by atoms with Crippen LogP contribution in [-0.2, 0) is 10.0 Å². The van der Waals surface area contributed by atoms with Gasteiger partial charge in [0.1, 0.15) is 5.75 Å². The van der Waals surface area contributed by atoms with Gasteiger partial charge >= 0.3 is 5.97 Å². The molecule has 2 rings (SSSR count). The van der Waals surface area contributed by atoms with Crippen LogP contribution >= 0.6 is 0 Å². The second kappa shape index (κ2) is 5.45. The molecule has 0 spiro atoms. The van der Waals surface area contributed by atoms with Gasteiger partial charge in [0.15, 0.2) is 0 Å². The second-order valence-corrected chi connectivity index (χ2v) is 6.12. The molecule has 0 aromatic heterocycles. The monoisotopic (exact) mass is 307 g/mol. The molecule has 0 fully saturated rings. The summed E-state index contributed by atoms with van der Waals surface area (Å²) in [7, 11) is -3.82. The molecule has 0 aliphatic carbocycles. The van der Waals surface area contributed by atoms with Crippen LogP contribution in [0.15, 0.2) is 47.4 Å². The van der Waals surface area contributed by atoms with Crippen molar-refractivity contribution in [1.82, 2.24) is 0 Å². The van der Waals surface area contributed by atoms with Crippen molar-refractivity contribution in [3.05, 3.63) is 53.6 Å². The van der Waals surface area contributed by atoms with Crippen LogP contribution in [0.2, 0.25) is 0 Å². The molecule has 110 valence electrons. The molecule has 0 saturated carbocycles. The van der Waals surface area contributed by atoms with Crippen molar-refractivity contribution in [2.75, 3.05) is 4.72 Å². The number of aromatic carboxylic acids is 1. The standard InChI is InChI=1S/C14H13NO5S/c1-9-8-11(16)4-7-13(9)15-21(19,20)12-5-2-10(3-6-12)14(17)18/h2-8,15-16H,1H3,(H,17,18). The van der Waals surface area contributed by atoms with Gasteiger partial charge in [0.25, 0.3) is 10.0 Å². The lowest BCUT2D eigenvalue weighted by molar-refractivity contribution is 0.0696.